The number of benzene rings is 1. The molecule has 0 unspecified atom stereocenters. The summed E-state index contributed by atoms with van der Waals surface area (Å²) in [7, 11) is 0. The normalized spacial score (nSPS) is 15.9. The van der Waals surface area contributed by atoms with Gasteiger partial charge in [-0.15, -0.1) is 0 Å². The lowest BCUT2D eigenvalue weighted by atomic mass is 10.2. The van der Waals surface area contributed by atoms with Gasteiger partial charge >= 0.3 is 0 Å². The Morgan fingerprint density at radius 3 is 2.56 bits per heavy atom. The minimum atomic E-state index is 0.220. The predicted octanol–water partition coefficient (Wildman–Crippen LogP) is 1.98. The van der Waals surface area contributed by atoms with Crippen molar-refractivity contribution in [3.63, 3.8) is 0 Å². The maximum Gasteiger partial charge on any atom is 0.222 e. The summed E-state index contributed by atoms with van der Waals surface area (Å²) in [5.74, 6) is 0.220. The van der Waals surface area contributed by atoms with E-state index in [0.717, 1.165) is 31.9 Å². The van der Waals surface area contributed by atoms with Crippen molar-refractivity contribution >= 4 is 28.9 Å². The van der Waals surface area contributed by atoms with Crippen LogP contribution in [0.4, 0.5) is 11.4 Å². The molecule has 0 bridgehead atoms. The maximum absolute atomic E-state index is 11.6. The van der Waals surface area contributed by atoms with Gasteiger partial charge in [-0.25, -0.2) is 0 Å². The number of piperazine rings is 1. The summed E-state index contributed by atoms with van der Waals surface area (Å²) in [6.45, 7) is 5.04. The van der Waals surface area contributed by atoms with E-state index in [9.17, 15) is 4.79 Å². The number of hydrogen-bond donors (Lipinski definition) is 1. The van der Waals surface area contributed by atoms with Gasteiger partial charge in [0, 0.05) is 38.3 Å². The predicted molar refractivity (Wildman–Crippen MR) is 74.9 cm³/mol. The zero-order valence-corrected chi connectivity index (χ0v) is 11.3. The molecule has 1 heterocycles. The van der Waals surface area contributed by atoms with Crippen molar-refractivity contribution in [2.75, 3.05) is 36.8 Å². The van der Waals surface area contributed by atoms with Gasteiger partial charge in [0.05, 0.1) is 10.7 Å². The van der Waals surface area contributed by atoms with Gasteiger partial charge in [0.2, 0.25) is 5.91 Å². The zero-order chi connectivity index (χ0) is 13.1. The van der Waals surface area contributed by atoms with Gasteiger partial charge in [-0.05, 0) is 18.2 Å². The second-order valence-corrected chi connectivity index (χ2v) is 4.84. The van der Waals surface area contributed by atoms with Gasteiger partial charge in [0.25, 0.3) is 0 Å². The van der Waals surface area contributed by atoms with E-state index in [0.29, 0.717) is 17.1 Å². The molecule has 2 rings (SSSR count). The Kier molecular flexibility index (Phi) is 3.97. The van der Waals surface area contributed by atoms with Gasteiger partial charge in [0.15, 0.2) is 0 Å². The summed E-state index contributed by atoms with van der Waals surface area (Å²) >= 11 is 6.19. The quantitative estimate of drug-likeness (QED) is 0.834. The second kappa shape index (κ2) is 5.48. The molecule has 98 valence electrons. The summed E-state index contributed by atoms with van der Waals surface area (Å²) in [5.41, 5.74) is 7.35. The molecule has 0 atom stereocenters. The molecule has 4 nitrogen and oxygen atoms in total. The van der Waals surface area contributed by atoms with Crippen molar-refractivity contribution < 1.29 is 4.79 Å². The van der Waals surface area contributed by atoms with Gasteiger partial charge in [0.1, 0.15) is 0 Å². The van der Waals surface area contributed by atoms with Crippen molar-refractivity contribution in [2.45, 2.75) is 13.3 Å². The second-order valence-electron chi connectivity index (χ2n) is 4.43. The SMILES string of the molecule is CCC(=O)N1CCN(c2ccc(N)cc2Cl)CC1. The third-order valence-electron chi connectivity index (χ3n) is 3.25. The Balaban J connectivity index is 2.03. The molecule has 5 heteroatoms. The summed E-state index contributed by atoms with van der Waals surface area (Å²) in [5, 5.41) is 0.672. The van der Waals surface area contributed by atoms with E-state index in [2.05, 4.69) is 4.90 Å². The lowest BCUT2D eigenvalue weighted by Crippen LogP contribution is -2.48. The number of amides is 1. The van der Waals surface area contributed by atoms with E-state index in [-0.39, 0.29) is 5.91 Å². The van der Waals surface area contributed by atoms with Crippen molar-refractivity contribution in [1.29, 1.82) is 0 Å². The molecule has 2 N–H and O–H groups in total. The van der Waals surface area contributed by atoms with E-state index in [1.54, 1.807) is 6.07 Å². The minimum Gasteiger partial charge on any atom is -0.399 e. The molecule has 0 aromatic heterocycles. The van der Waals surface area contributed by atoms with Gasteiger partial charge in [-0.1, -0.05) is 18.5 Å². The lowest BCUT2D eigenvalue weighted by Gasteiger charge is -2.36. The Morgan fingerprint density at radius 1 is 1.33 bits per heavy atom. The van der Waals surface area contributed by atoms with Crippen molar-refractivity contribution in [2.24, 2.45) is 0 Å². The average molecular weight is 268 g/mol. The number of anilines is 2. The number of hydrogen-bond acceptors (Lipinski definition) is 3. The fourth-order valence-electron chi connectivity index (χ4n) is 2.20. The van der Waals surface area contributed by atoms with Crippen LogP contribution in [0.2, 0.25) is 5.02 Å². The Labute approximate surface area is 112 Å². The third-order valence-corrected chi connectivity index (χ3v) is 3.55. The topological polar surface area (TPSA) is 49.6 Å². The fourth-order valence-corrected chi connectivity index (χ4v) is 2.51. The van der Waals surface area contributed by atoms with Crippen LogP contribution < -0.4 is 10.6 Å². The lowest BCUT2D eigenvalue weighted by molar-refractivity contribution is -0.131. The number of nitrogens with two attached hydrogens (primary N) is 1. The van der Waals surface area contributed by atoms with E-state index >= 15 is 0 Å². The molecule has 1 aromatic rings. The molecule has 1 aliphatic heterocycles. The first kappa shape index (κ1) is 13.0. The van der Waals surface area contributed by atoms with Crippen LogP contribution in [-0.4, -0.2) is 37.0 Å². The van der Waals surface area contributed by atoms with Gasteiger partial charge in [-0.3, -0.25) is 4.79 Å². The molecule has 0 saturated carbocycles. The van der Waals surface area contributed by atoms with E-state index in [4.69, 9.17) is 17.3 Å². The molecule has 1 saturated heterocycles. The Hall–Kier alpha value is -1.42. The highest BCUT2D eigenvalue weighted by Gasteiger charge is 2.21. The number of rotatable bonds is 2. The van der Waals surface area contributed by atoms with Crippen LogP contribution in [0.5, 0.6) is 0 Å². The molecular formula is C13H18ClN3O. The standard InChI is InChI=1S/C13H18ClN3O/c1-2-13(18)17-7-5-16(6-8-17)12-4-3-10(15)9-11(12)14/h3-4,9H,2,5-8,15H2,1H3. The summed E-state index contributed by atoms with van der Waals surface area (Å²) in [6, 6.07) is 5.56. The number of carbonyl (C=O) groups excluding carboxylic acids is 1. The number of halogens is 1. The minimum absolute atomic E-state index is 0.220. The first-order valence-corrected chi connectivity index (χ1v) is 6.57. The maximum atomic E-state index is 11.6. The van der Waals surface area contributed by atoms with Crippen LogP contribution in [0.3, 0.4) is 0 Å². The molecule has 1 fully saturated rings. The van der Waals surface area contributed by atoms with Gasteiger partial charge < -0.3 is 15.5 Å². The highest BCUT2D eigenvalue weighted by Crippen LogP contribution is 2.28. The van der Waals surface area contributed by atoms with E-state index < -0.39 is 0 Å². The smallest absolute Gasteiger partial charge is 0.222 e. The van der Waals surface area contributed by atoms with Crippen molar-refractivity contribution in [3.8, 4) is 0 Å². The molecule has 0 spiro atoms. The first-order valence-electron chi connectivity index (χ1n) is 6.19. The molecule has 18 heavy (non-hydrogen) atoms. The Morgan fingerprint density at radius 2 is 2.00 bits per heavy atom. The van der Waals surface area contributed by atoms with Crippen LogP contribution in [0.15, 0.2) is 18.2 Å². The molecule has 0 aliphatic carbocycles. The van der Waals surface area contributed by atoms with Crippen molar-refractivity contribution in [3.05, 3.63) is 23.2 Å². The van der Waals surface area contributed by atoms with Crippen LogP contribution in [0, 0.1) is 0 Å². The highest BCUT2D eigenvalue weighted by atomic mass is 35.5. The van der Waals surface area contributed by atoms with Crippen LogP contribution >= 0.6 is 11.6 Å². The monoisotopic (exact) mass is 267 g/mol. The van der Waals surface area contributed by atoms with E-state index in [1.807, 2.05) is 24.0 Å². The number of nitrogens with zero attached hydrogens (tertiary/aromatic N) is 2. The van der Waals surface area contributed by atoms with Crippen LogP contribution in [0.25, 0.3) is 0 Å². The number of carbonyl (C=O) groups is 1. The molecule has 1 aliphatic rings. The molecule has 0 radical (unpaired) electrons. The fraction of sp³-hybridized carbons (Fsp3) is 0.462. The van der Waals surface area contributed by atoms with Gasteiger partial charge in [-0.2, -0.15) is 0 Å². The molecule has 1 aromatic carbocycles. The van der Waals surface area contributed by atoms with Crippen molar-refractivity contribution in [1.82, 2.24) is 4.90 Å². The van der Waals surface area contributed by atoms with E-state index in [1.165, 1.54) is 0 Å². The average Bonchev–Trinajstić information content (AvgIpc) is 2.38. The Bertz CT molecular complexity index is 442. The summed E-state index contributed by atoms with van der Waals surface area (Å²) < 4.78 is 0. The third kappa shape index (κ3) is 2.70. The summed E-state index contributed by atoms with van der Waals surface area (Å²) in [4.78, 5) is 15.7. The first-order chi connectivity index (χ1) is 8.61. The van der Waals surface area contributed by atoms with Crippen LogP contribution in [-0.2, 0) is 4.79 Å². The zero-order valence-electron chi connectivity index (χ0n) is 10.5. The molecule has 1 amide bonds. The summed E-state index contributed by atoms with van der Waals surface area (Å²) in [6.07, 6.45) is 0.572. The van der Waals surface area contributed by atoms with Crippen LogP contribution in [0.1, 0.15) is 13.3 Å². The molecular weight excluding hydrogens is 250 g/mol. The number of nitrogen functional groups attached to an aromatic ring is 1. The largest absolute Gasteiger partial charge is 0.399 e. The highest BCUT2D eigenvalue weighted by molar-refractivity contribution is 6.33.